The number of imidazole rings is 1. The monoisotopic (exact) mass is 361 g/mol. The second-order valence-corrected chi connectivity index (χ2v) is 6.65. The molecule has 136 valence electrons. The normalized spacial score (nSPS) is 11.2. The van der Waals surface area contributed by atoms with E-state index < -0.39 is 0 Å². The molecule has 0 aliphatic rings. The van der Waals surface area contributed by atoms with Crippen molar-refractivity contribution in [2.45, 2.75) is 20.4 Å². The van der Waals surface area contributed by atoms with E-state index in [1.54, 1.807) is 16.9 Å². The lowest BCUT2D eigenvalue weighted by Crippen LogP contribution is -2.02. The van der Waals surface area contributed by atoms with E-state index in [0.29, 0.717) is 12.1 Å². The molecule has 2 heterocycles. The molecule has 0 N–H and O–H groups in total. The summed E-state index contributed by atoms with van der Waals surface area (Å²) in [6, 6.07) is 13.6. The molecule has 7 heteroatoms. The van der Waals surface area contributed by atoms with E-state index in [0.717, 1.165) is 33.7 Å². The SMILES string of the molecule is Cc1cnn(C)c1-c1cc([N+](=O)[O-])c2nc(C)n(Cc3ccccc3)c2c1. The number of aryl methyl sites for hydroxylation is 3. The first kappa shape index (κ1) is 17.0. The van der Waals surface area contributed by atoms with E-state index >= 15 is 0 Å². The van der Waals surface area contributed by atoms with Gasteiger partial charge in [0.15, 0.2) is 5.52 Å². The van der Waals surface area contributed by atoms with Gasteiger partial charge in [-0.2, -0.15) is 5.10 Å². The molecule has 2 aromatic carbocycles. The van der Waals surface area contributed by atoms with Crippen molar-refractivity contribution >= 4 is 16.7 Å². The van der Waals surface area contributed by atoms with E-state index in [9.17, 15) is 10.1 Å². The number of nitro groups is 1. The molecule has 0 bridgehead atoms. The lowest BCUT2D eigenvalue weighted by atomic mass is 10.1. The Hall–Kier alpha value is -3.48. The number of benzene rings is 2. The van der Waals surface area contributed by atoms with Crippen molar-refractivity contribution in [3.05, 3.63) is 75.7 Å². The summed E-state index contributed by atoms with van der Waals surface area (Å²) < 4.78 is 3.76. The quantitative estimate of drug-likeness (QED) is 0.406. The van der Waals surface area contributed by atoms with Crippen LogP contribution in [0.5, 0.6) is 0 Å². The number of nitrogens with zero attached hydrogens (tertiary/aromatic N) is 5. The van der Waals surface area contributed by atoms with Gasteiger partial charge < -0.3 is 4.57 Å². The Balaban J connectivity index is 1.98. The molecule has 0 aliphatic carbocycles. The molecular weight excluding hydrogens is 342 g/mol. The number of hydrogen-bond acceptors (Lipinski definition) is 4. The van der Waals surface area contributed by atoms with Crippen LogP contribution < -0.4 is 0 Å². The van der Waals surface area contributed by atoms with Crippen molar-refractivity contribution in [1.82, 2.24) is 19.3 Å². The molecular formula is C20H19N5O2. The van der Waals surface area contributed by atoms with E-state index in [-0.39, 0.29) is 10.6 Å². The van der Waals surface area contributed by atoms with Crippen molar-refractivity contribution in [2.24, 2.45) is 7.05 Å². The zero-order valence-electron chi connectivity index (χ0n) is 15.4. The molecule has 0 fully saturated rings. The third-order valence-electron chi connectivity index (χ3n) is 4.80. The summed E-state index contributed by atoms with van der Waals surface area (Å²) in [5.41, 5.74) is 4.89. The fraction of sp³-hybridized carbons (Fsp3) is 0.200. The predicted molar refractivity (Wildman–Crippen MR) is 104 cm³/mol. The average Bonchev–Trinajstić information content (AvgIpc) is 3.14. The molecule has 27 heavy (non-hydrogen) atoms. The minimum atomic E-state index is -0.364. The number of rotatable bonds is 4. The van der Waals surface area contributed by atoms with Crippen molar-refractivity contribution in [3.8, 4) is 11.3 Å². The van der Waals surface area contributed by atoms with E-state index in [1.807, 2.05) is 61.9 Å². The van der Waals surface area contributed by atoms with Crippen molar-refractivity contribution in [3.63, 3.8) is 0 Å². The van der Waals surface area contributed by atoms with E-state index in [2.05, 4.69) is 10.1 Å². The standard InChI is InChI=1S/C20H19N5O2/c1-13-11-21-23(3)20(13)16-9-17-19(18(10-16)25(26)27)22-14(2)24(17)12-15-7-5-4-6-8-15/h4-11H,12H2,1-3H3. The molecule has 4 rings (SSSR count). The lowest BCUT2D eigenvalue weighted by Gasteiger charge is -2.09. The van der Waals surface area contributed by atoms with Crippen LogP contribution >= 0.6 is 0 Å². The zero-order chi connectivity index (χ0) is 19.1. The topological polar surface area (TPSA) is 78.8 Å². The Bertz CT molecular complexity index is 1140. The zero-order valence-corrected chi connectivity index (χ0v) is 15.4. The summed E-state index contributed by atoms with van der Waals surface area (Å²) >= 11 is 0. The van der Waals surface area contributed by atoms with Crippen molar-refractivity contribution < 1.29 is 4.92 Å². The molecule has 0 saturated carbocycles. The Morgan fingerprint density at radius 3 is 2.52 bits per heavy atom. The largest absolute Gasteiger partial charge is 0.323 e. The van der Waals surface area contributed by atoms with Gasteiger partial charge in [-0.15, -0.1) is 0 Å². The number of nitro benzene ring substituents is 1. The first-order chi connectivity index (χ1) is 13.0. The molecule has 0 saturated heterocycles. The number of aromatic nitrogens is 4. The number of hydrogen-bond donors (Lipinski definition) is 0. The molecule has 7 nitrogen and oxygen atoms in total. The highest BCUT2D eigenvalue weighted by atomic mass is 16.6. The van der Waals surface area contributed by atoms with Gasteiger partial charge in [-0.3, -0.25) is 14.8 Å². The van der Waals surface area contributed by atoms with Crippen LogP contribution in [0.3, 0.4) is 0 Å². The fourth-order valence-corrected chi connectivity index (χ4v) is 3.52. The van der Waals surface area contributed by atoms with Gasteiger partial charge in [0.25, 0.3) is 5.69 Å². The number of non-ortho nitro benzene ring substituents is 1. The van der Waals surface area contributed by atoms with Crippen LogP contribution in [0.2, 0.25) is 0 Å². The molecule has 0 aliphatic heterocycles. The minimum absolute atomic E-state index is 0.0120. The number of fused-ring (bicyclic) bond motifs is 1. The van der Waals surface area contributed by atoms with Crippen LogP contribution in [0.4, 0.5) is 5.69 Å². The average molecular weight is 361 g/mol. The molecule has 2 aromatic heterocycles. The molecule has 0 atom stereocenters. The summed E-state index contributed by atoms with van der Waals surface area (Å²) in [7, 11) is 1.84. The van der Waals surface area contributed by atoms with Crippen LogP contribution in [-0.4, -0.2) is 24.3 Å². The van der Waals surface area contributed by atoms with Gasteiger partial charge in [-0.25, -0.2) is 4.98 Å². The first-order valence-corrected chi connectivity index (χ1v) is 8.64. The van der Waals surface area contributed by atoms with Gasteiger partial charge in [0, 0.05) is 25.2 Å². The maximum atomic E-state index is 11.7. The van der Waals surface area contributed by atoms with Crippen LogP contribution in [-0.2, 0) is 13.6 Å². The van der Waals surface area contributed by atoms with Gasteiger partial charge in [-0.1, -0.05) is 30.3 Å². The Kier molecular flexibility index (Phi) is 3.99. The third kappa shape index (κ3) is 2.87. The minimum Gasteiger partial charge on any atom is -0.323 e. The highest BCUT2D eigenvalue weighted by Crippen LogP contribution is 2.34. The van der Waals surface area contributed by atoms with Crippen LogP contribution in [0.1, 0.15) is 17.0 Å². The van der Waals surface area contributed by atoms with Gasteiger partial charge in [0.1, 0.15) is 5.82 Å². The highest BCUT2D eigenvalue weighted by molar-refractivity contribution is 5.90. The molecule has 0 spiro atoms. The van der Waals surface area contributed by atoms with Crippen LogP contribution in [0.25, 0.3) is 22.3 Å². The molecule has 0 unspecified atom stereocenters. The maximum absolute atomic E-state index is 11.7. The van der Waals surface area contributed by atoms with E-state index in [1.165, 1.54) is 0 Å². The van der Waals surface area contributed by atoms with Crippen molar-refractivity contribution in [2.75, 3.05) is 0 Å². The second kappa shape index (κ2) is 6.35. The molecule has 0 radical (unpaired) electrons. The first-order valence-electron chi connectivity index (χ1n) is 8.64. The van der Waals surface area contributed by atoms with E-state index in [4.69, 9.17) is 0 Å². The van der Waals surface area contributed by atoms with Crippen LogP contribution in [0.15, 0.2) is 48.7 Å². The summed E-state index contributed by atoms with van der Waals surface area (Å²) in [6.07, 6.45) is 1.76. The summed E-state index contributed by atoms with van der Waals surface area (Å²) in [6.45, 7) is 4.43. The van der Waals surface area contributed by atoms with Gasteiger partial charge in [0.2, 0.25) is 0 Å². The van der Waals surface area contributed by atoms with Gasteiger partial charge in [0.05, 0.1) is 22.3 Å². The van der Waals surface area contributed by atoms with Crippen LogP contribution in [0, 0.1) is 24.0 Å². The molecule has 0 amide bonds. The lowest BCUT2D eigenvalue weighted by molar-refractivity contribution is -0.383. The Labute approximate surface area is 156 Å². The highest BCUT2D eigenvalue weighted by Gasteiger charge is 2.22. The predicted octanol–water partition coefficient (Wildman–Crippen LogP) is 4.01. The summed E-state index contributed by atoms with van der Waals surface area (Å²) in [4.78, 5) is 15.9. The third-order valence-corrected chi connectivity index (χ3v) is 4.80. The molecule has 4 aromatic rings. The van der Waals surface area contributed by atoms with Gasteiger partial charge in [-0.05, 0) is 31.0 Å². The summed E-state index contributed by atoms with van der Waals surface area (Å²) in [5.74, 6) is 0.746. The van der Waals surface area contributed by atoms with Gasteiger partial charge >= 0.3 is 0 Å². The van der Waals surface area contributed by atoms with Crippen molar-refractivity contribution in [1.29, 1.82) is 0 Å². The maximum Gasteiger partial charge on any atom is 0.297 e. The Morgan fingerprint density at radius 1 is 1.15 bits per heavy atom. The second-order valence-electron chi connectivity index (χ2n) is 6.65. The Morgan fingerprint density at radius 2 is 1.89 bits per heavy atom. The smallest absolute Gasteiger partial charge is 0.297 e. The fourth-order valence-electron chi connectivity index (χ4n) is 3.52. The summed E-state index contributed by atoms with van der Waals surface area (Å²) in [5, 5.41) is 16.0.